The van der Waals surface area contributed by atoms with Crippen LogP contribution in [-0.2, 0) is 5.60 Å². The van der Waals surface area contributed by atoms with Gasteiger partial charge in [-0.25, -0.2) is 0 Å². The number of rotatable bonds is 3. The van der Waals surface area contributed by atoms with E-state index in [1.54, 1.807) is 6.07 Å². The van der Waals surface area contributed by atoms with E-state index in [0.717, 1.165) is 0 Å². The van der Waals surface area contributed by atoms with Gasteiger partial charge in [-0.1, -0.05) is 6.07 Å². The Kier molecular flexibility index (Phi) is 2.12. The van der Waals surface area contributed by atoms with Crippen molar-refractivity contribution in [2.24, 2.45) is 0 Å². The minimum atomic E-state index is -0.850. The molecule has 1 aromatic carbocycles. The first-order chi connectivity index (χ1) is 7.07. The maximum absolute atomic E-state index is 10.7. The molecule has 15 heavy (non-hydrogen) atoms. The molecule has 0 bridgehead atoms. The average molecular weight is 209 g/mol. The second kappa shape index (κ2) is 3.20. The molecule has 0 aromatic heterocycles. The molecule has 0 spiro atoms. The molecule has 0 aliphatic heterocycles. The molecule has 0 radical (unpaired) electrons. The van der Waals surface area contributed by atoms with Crippen molar-refractivity contribution in [2.75, 3.05) is 7.11 Å². The Hall–Kier alpha value is -1.62. The van der Waals surface area contributed by atoms with Crippen LogP contribution in [0.3, 0.4) is 0 Å². The molecule has 1 aliphatic rings. The predicted octanol–water partition coefficient (Wildman–Crippen LogP) is 1.58. The first-order valence-electron chi connectivity index (χ1n) is 4.62. The van der Waals surface area contributed by atoms with Crippen LogP contribution in [-0.4, -0.2) is 17.1 Å². The third kappa shape index (κ3) is 1.66. The highest BCUT2D eigenvalue weighted by molar-refractivity contribution is 5.50. The molecule has 0 heterocycles. The van der Waals surface area contributed by atoms with Gasteiger partial charge in [-0.05, 0) is 24.5 Å². The fourth-order valence-corrected chi connectivity index (χ4v) is 1.53. The first-order valence-corrected chi connectivity index (χ1v) is 4.62. The van der Waals surface area contributed by atoms with Crippen molar-refractivity contribution in [3.63, 3.8) is 0 Å². The predicted molar refractivity (Wildman–Crippen MR) is 52.8 cm³/mol. The molecule has 0 unspecified atom stereocenters. The minimum Gasteiger partial charge on any atom is -0.490 e. The molecule has 80 valence electrons. The Balaban J connectivity index is 2.45. The summed E-state index contributed by atoms with van der Waals surface area (Å²) in [4.78, 5) is 10.2. The van der Waals surface area contributed by atoms with E-state index in [1.807, 2.05) is 0 Å². The standard InChI is InChI=1S/C10H11NO4/c1-15-9-3-2-7(10(12)4-5-10)6-8(9)11(13)14/h2-3,6,12H,4-5H2,1H3. The SMILES string of the molecule is COc1ccc(C2(O)CC2)cc1[N+](=O)[O-]. The maximum Gasteiger partial charge on any atom is 0.311 e. The number of hydrogen-bond donors (Lipinski definition) is 1. The third-order valence-electron chi connectivity index (χ3n) is 2.64. The summed E-state index contributed by atoms with van der Waals surface area (Å²) >= 11 is 0. The summed E-state index contributed by atoms with van der Waals surface area (Å²) in [5.74, 6) is 0.216. The number of nitro benzene ring substituents is 1. The van der Waals surface area contributed by atoms with Crippen LogP contribution in [0.25, 0.3) is 0 Å². The summed E-state index contributed by atoms with van der Waals surface area (Å²) in [6.45, 7) is 0. The largest absolute Gasteiger partial charge is 0.490 e. The van der Waals surface area contributed by atoms with E-state index in [4.69, 9.17) is 4.74 Å². The van der Waals surface area contributed by atoms with Crippen molar-refractivity contribution < 1.29 is 14.8 Å². The number of methoxy groups -OCH3 is 1. The lowest BCUT2D eigenvalue weighted by molar-refractivity contribution is -0.385. The molecule has 1 aromatic rings. The zero-order chi connectivity index (χ0) is 11.1. The van der Waals surface area contributed by atoms with Gasteiger partial charge in [0.15, 0.2) is 5.75 Å². The summed E-state index contributed by atoms with van der Waals surface area (Å²) in [5, 5.41) is 20.5. The molecule has 2 rings (SSSR count). The van der Waals surface area contributed by atoms with Crippen LogP contribution in [0.2, 0.25) is 0 Å². The lowest BCUT2D eigenvalue weighted by Crippen LogP contribution is -2.05. The number of aliphatic hydroxyl groups is 1. The van der Waals surface area contributed by atoms with E-state index in [0.29, 0.717) is 18.4 Å². The second-order valence-corrected chi connectivity index (χ2v) is 3.68. The van der Waals surface area contributed by atoms with Crippen LogP contribution < -0.4 is 4.74 Å². The van der Waals surface area contributed by atoms with Gasteiger partial charge in [-0.3, -0.25) is 10.1 Å². The van der Waals surface area contributed by atoms with Gasteiger partial charge in [-0.2, -0.15) is 0 Å². The lowest BCUT2D eigenvalue weighted by atomic mass is 10.1. The average Bonchev–Trinajstić information content (AvgIpc) is 2.96. The highest BCUT2D eigenvalue weighted by Gasteiger charge is 2.43. The van der Waals surface area contributed by atoms with E-state index in [9.17, 15) is 15.2 Å². The van der Waals surface area contributed by atoms with Crippen LogP contribution in [0.1, 0.15) is 18.4 Å². The Morgan fingerprint density at radius 3 is 2.67 bits per heavy atom. The zero-order valence-corrected chi connectivity index (χ0v) is 8.27. The van der Waals surface area contributed by atoms with Crippen molar-refractivity contribution in [2.45, 2.75) is 18.4 Å². The Morgan fingerprint density at radius 1 is 1.53 bits per heavy atom. The van der Waals surface area contributed by atoms with Crippen molar-refractivity contribution in [3.05, 3.63) is 33.9 Å². The number of hydrogen-bond acceptors (Lipinski definition) is 4. The van der Waals surface area contributed by atoms with Gasteiger partial charge in [0.25, 0.3) is 0 Å². The zero-order valence-electron chi connectivity index (χ0n) is 8.27. The van der Waals surface area contributed by atoms with Crippen LogP contribution in [0.5, 0.6) is 5.75 Å². The normalized spacial score (nSPS) is 17.2. The molecule has 5 heteroatoms. The van der Waals surface area contributed by atoms with Gasteiger partial charge in [0, 0.05) is 6.07 Å². The second-order valence-electron chi connectivity index (χ2n) is 3.68. The van der Waals surface area contributed by atoms with Crippen molar-refractivity contribution in [1.29, 1.82) is 0 Å². The molecular formula is C10H11NO4. The van der Waals surface area contributed by atoms with Crippen LogP contribution in [0.15, 0.2) is 18.2 Å². The summed E-state index contributed by atoms with van der Waals surface area (Å²) in [7, 11) is 1.38. The van der Waals surface area contributed by atoms with Crippen molar-refractivity contribution >= 4 is 5.69 Å². The smallest absolute Gasteiger partial charge is 0.311 e. The minimum absolute atomic E-state index is 0.102. The molecule has 0 atom stereocenters. The number of ether oxygens (including phenoxy) is 1. The van der Waals surface area contributed by atoms with E-state index >= 15 is 0 Å². The number of benzene rings is 1. The fourth-order valence-electron chi connectivity index (χ4n) is 1.53. The van der Waals surface area contributed by atoms with E-state index < -0.39 is 10.5 Å². The molecule has 1 aliphatic carbocycles. The Labute approximate surface area is 86.4 Å². The van der Waals surface area contributed by atoms with E-state index in [2.05, 4.69) is 0 Å². The van der Waals surface area contributed by atoms with Crippen molar-refractivity contribution in [3.8, 4) is 5.75 Å². The van der Waals surface area contributed by atoms with Crippen LogP contribution in [0.4, 0.5) is 5.69 Å². The molecule has 0 amide bonds. The fraction of sp³-hybridized carbons (Fsp3) is 0.400. The van der Waals surface area contributed by atoms with Crippen molar-refractivity contribution in [1.82, 2.24) is 0 Å². The highest BCUT2D eigenvalue weighted by atomic mass is 16.6. The molecule has 1 fully saturated rings. The van der Waals surface area contributed by atoms with E-state index in [1.165, 1.54) is 19.2 Å². The van der Waals surface area contributed by atoms with Gasteiger partial charge < -0.3 is 9.84 Å². The maximum atomic E-state index is 10.7. The quantitative estimate of drug-likeness (QED) is 0.606. The summed E-state index contributed by atoms with van der Waals surface area (Å²) in [5.41, 5.74) is -0.359. The van der Waals surface area contributed by atoms with Crippen LogP contribution in [0, 0.1) is 10.1 Å². The Bertz CT molecular complexity index is 412. The highest BCUT2D eigenvalue weighted by Crippen LogP contribution is 2.47. The summed E-state index contributed by atoms with van der Waals surface area (Å²) < 4.78 is 4.87. The monoisotopic (exact) mass is 209 g/mol. The third-order valence-corrected chi connectivity index (χ3v) is 2.64. The molecular weight excluding hydrogens is 198 g/mol. The Morgan fingerprint density at radius 2 is 2.20 bits per heavy atom. The topological polar surface area (TPSA) is 72.6 Å². The molecule has 1 N–H and O–H groups in total. The lowest BCUT2D eigenvalue weighted by Gasteiger charge is -2.09. The molecule has 1 saturated carbocycles. The van der Waals surface area contributed by atoms with Gasteiger partial charge in [0.05, 0.1) is 17.6 Å². The van der Waals surface area contributed by atoms with E-state index in [-0.39, 0.29) is 11.4 Å². The number of nitrogens with zero attached hydrogens (tertiary/aromatic N) is 1. The summed E-state index contributed by atoms with van der Waals surface area (Å²) in [6.07, 6.45) is 1.33. The molecule has 0 saturated heterocycles. The molecule has 5 nitrogen and oxygen atoms in total. The summed E-state index contributed by atoms with van der Waals surface area (Å²) in [6, 6.07) is 4.56. The number of nitro groups is 1. The first kappa shape index (κ1) is 9.92. The van der Waals surface area contributed by atoms with Crippen LogP contribution >= 0.6 is 0 Å². The van der Waals surface area contributed by atoms with Gasteiger partial charge >= 0.3 is 5.69 Å². The van der Waals surface area contributed by atoms with Gasteiger partial charge in [0.1, 0.15) is 0 Å². The van der Waals surface area contributed by atoms with Gasteiger partial charge in [-0.15, -0.1) is 0 Å². The van der Waals surface area contributed by atoms with Gasteiger partial charge in [0.2, 0.25) is 0 Å².